The largest absolute Gasteiger partial charge is 0.478 e. The molecule has 0 amide bonds. The Morgan fingerprint density at radius 1 is 1.65 bits per heavy atom. The van der Waals surface area contributed by atoms with Gasteiger partial charge in [-0.2, -0.15) is 5.10 Å². The van der Waals surface area contributed by atoms with Crippen molar-refractivity contribution in [2.75, 3.05) is 6.61 Å². The number of aromatic carboxylic acids is 1. The fourth-order valence-electron chi connectivity index (χ4n) is 2.79. The first kappa shape index (κ1) is 15.0. The zero-order chi connectivity index (χ0) is 14.9. The van der Waals surface area contributed by atoms with E-state index >= 15 is 0 Å². The summed E-state index contributed by atoms with van der Waals surface area (Å²) in [6.07, 6.45) is 2.63. The molecule has 1 heterocycles. The number of nitrogens with zero attached hydrogens (tertiary/aromatic N) is 2. The lowest BCUT2D eigenvalue weighted by molar-refractivity contribution is -0.114. The molecule has 1 aromatic heterocycles. The molecule has 2 N–H and O–H groups in total. The van der Waals surface area contributed by atoms with E-state index in [1.165, 1.54) is 6.20 Å². The van der Waals surface area contributed by atoms with E-state index < -0.39 is 5.97 Å². The van der Waals surface area contributed by atoms with Crippen LogP contribution >= 0.6 is 0 Å². The average molecular weight is 281 g/mol. The van der Waals surface area contributed by atoms with Gasteiger partial charge in [0, 0.05) is 31.7 Å². The summed E-state index contributed by atoms with van der Waals surface area (Å²) in [4.78, 5) is 11.1. The van der Waals surface area contributed by atoms with Gasteiger partial charge in [-0.25, -0.2) is 4.79 Å². The minimum absolute atomic E-state index is 0.0675. The van der Waals surface area contributed by atoms with E-state index in [4.69, 9.17) is 9.84 Å². The molecule has 112 valence electrons. The molecule has 20 heavy (non-hydrogen) atoms. The summed E-state index contributed by atoms with van der Waals surface area (Å²) in [5.74, 6) is -0.935. The predicted octanol–water partition coefficient (Wildman–Crippen LogP) is 1.41. The number of hydrogen-bond donors (Lipinski definition) is 2. The van der Waals surface area contributed by atoms with Gasteiger partial charge >= 0.3 is 5.97 Å². The van der Waals surface area contributed by atoms with Gasteiger partial charge in [0.25, 0.3) is 0 Å². The van der Waals surface area contributed by atoms with Crippen molar-refractivity contribution in [2.24, 2.45) is 12.5 Å². The van der Waals surface area contributed by atoms with Gasteiger partial charge in [-0.3, -0.25) is 4.68 Å². The fourth-order valence-corrected chi connectivity index (χ4v) is 2.79. The van der Waals surface area contributed by atoms with Crippen molar-refractivity contribution in [1.82, 2.24) is 15.1 Å². The molecule has 1 aliphatic carbocycles. The Hall–Kier alpha value is -1.40. The van der Waals surface area contributed by atoms with E-state index in [9.17, 15) is 4.79 Å². The first-order valence-electron chi connectivity index (χ1n) is 6.97. The van der Waals surface area contributed by atoms with E-state index in [1.807, 2.05) is 6.92 Å². The number of aryl methyl sites for hydroxylation is 1. The van der Waals surface area contributed by atoms with E-state index in [-0.39, 0.29) is 17.1 Å². The smallest absolute Gasteiger partial charge is 0.339 e. The minimum atomic E-state index is -0.935. The van der Waals surface area contributed by atoms with Gasteiger partial charge < -0.3 is 15.2 Å². The zero-order valence-electron chi connectivity index (χ0n) is 12.5. The first-order valence-corrected chi connectivity index (χ1v) is 6.97. The molecule has 6 heteroatoms. The second-order valence-corrected chi connectivity index (χ2v) is 5.87. The number of carboxylic acids is 1. The molecule has 1 saturated carbocycles. The summed E-state index contributed by atoms with van der Waals surface area (Å²) < 4.78 is 7.31. The standard InChI is InChI=1S/C14H23N3O3/c1-5-20-12-6-11(14(12,2)3)15-8-10-9(13(18)19)7-16-17(10)4/h7,11-12,15H,5-6,8H2,1-4H3,(H,18,19). The van der Waals surface area contributed by atoms with Gasteiger partial charge in [0.05, 0.1) is 18.0 Å². The van der Waals surface area contributed by atoms with Gasteiger partial charge in [0.1, 0.15) is 5.56 Å². The van der Waals surface area contributed by atoms with Gasteiger partial charge in [0.15, 0.2) is 0 Å². The Balaban J connectivity index is 1.97. The van der Waals surface area contributed by atoms with Crippen LogP contribution in [0.5, 0.6) is 0 Å². The van der Waals surface area contributed by atoms with Crippen LogP contribution in [0.2, 0.25) is 0 Å². The highest BCUT2D eigenvalue weighted by atomic mass is 16.5. The maximum atomic E-state index is 11.1. The molecule has 2 atom stereocenters. The van der Waals surface area contributed by atoms with Gasteiger partial charge in [-0.15, -0.1) is 0 Å². The highest BCUT2D eigenvalue weighted by Gasteiger charge is 2.48. The molecule has 0 aromatic carbocycles. The van der Waals surface area contributed by atoms with Crippen molar-refractivity contribution < 1.29 is 14.6 Å². The van der Waals surface area contributed by atoms with Crippen molar-refractivity contribution in [3.8, 4) is 0 Å². The summed E-state index contributed by atoms with van der Waals surface area (Å²) in [5.41, 5.74) is 1.03. The average Bonchev–Trinajstić information content (AvgIpc) is 2.74. The van der Waals surface area contributed by atoms with Crippen LogP contribution < -0.4 is 5.32 Å². The van der Waals surface area contributed by atoms with E-state index in [0.717, 1.165) is 13.0 Å². The molecule has 0 bridgehead atoms. The van der Waals surface area contributed by atoms with Crippen LogP contribution in [0.15, 0.2) is 6.20 Å². The third-order valence-corrected chi connectivity index (χ3v) is 4.35. The maximum Gasteiger partial charge on any atom is 0.339 e. The molecule has 0 spiro atoms. The molecule has 0 saturated heterocycles. The van der Waals surface area contributed by atoms with Crippen molar-refractivity contribution in [1.29, 1.82) is 0 Å². The molecular formula is C14H23N3O3. The van der Waals surface area contributed by atoms with Crippen LogP contribution in [-0.4, -0.2) is 39.6 Å². The van der Waals surface area contributed by atoms with Crippen molar-refractivity contribution in [2.45, 2.75) is 45.9 Å². The molecular weight excluding hydrogens is 258 g/mol. The summed E-state index contributed by atoms with van der Waals surface area (Å²) >= 11 is 0. The third-order valence-electron chi connectivity index (χ3n) is 4.35. The third kappa shape index (κ3) is 2.58. The lowest BCUT2D eigenvalue weighted by Gasteiger charge is -2.52. The Kier molecular flexibility index (Phi) is 4.15. The summed E-state index contributed by atoms with van der Waals surface area (Å²) in [7, 11) is 1.76. The van der Waals surface area contributed by atoms with E-state index in [0.29, 0.717) is 18.3 Å². The number of hydrogen-bond acceptors (Lipinski definition) is 4. The van der Waals surface area contributed by atoms with Crippen LogP contribution in [0.25, 0.3) is 0 Å². The molecule has 1 fully saturated rings. The monoisotopic (exact) mass is 281 g/mol. The van der Waals surface area contributed by atoms with Crippen molar-refractivity contribution in [3.05, 3.63) is 17.5 Å². The highest BCUT2D eigenvalue weighted by molar-refractivity contribution is 5.88. The lowest BCUT2D eigenvalue weighted by Crippen LogP contribution is -2.60. The molecule has 0 radical (unpaired) electrons. The maximum absolute atomic E-state index is 11.1. The molecule has 1 aliphatic rings. The molecule has 1 aromatic rings. The number of carbonyl (C=O) groups is 1. The number of ether oxygens (including phenoxy) is 1. The predicted molar refractivity (Wildman–Crippen MR) is 74.6 cm³/mol. The Labute approximate surface area is 119 Å². The Morgan fingerprint density at radius 3 is 2.90 bits per heavy atom. The topological polar surface area (TPSA) is 76.4 Å². The lowest BCUT2D eigenvalue weighted by atomic mass is 9.64. The summed E-state index contributed by atoms with van der Waals surface area (Å²) in [6.45, 7) is 7.59. The summed E-state index contributed by atoms with van der Waals surface area (Å²) in [5, 5.41) is 16.6. The number of carboxylic acid groups (broad SMARTS) is 1. The van der Waals surface area contributed by atoms with Crippen LogP contribution in [0.3, 0.4) is 0 Å². The molecule has 6 nitrogen and oxygen atoms in total. The quantitative estimate of drug-likeness (QED) is 0.824. The Morgan fingerprint density at radius 2 is 2.35 bits per heavy atom. The van der Waals surface area contributed by atoms with E-state index in [2.05, 4.69) is 24.3 Å². The first-order chi connectivity index (χ1) is 9.37. The van der Waals surface area contributed by atoms with Crippen LogP contribution in [0, 0.1) is 5.41 Å². The van der Waals surface area contributed by atoms with Crippen LogP contribution in [-0.2, 0) is 18.3 Å². The fraction of sp³-hybridized carbons (Fsp3) is 0.714. The Bertz CT molecular complexity index is 496. The van der Waals surface area contributed by atoms with E-state index in [1.54, 1.807) is 11.7 Å². The minimum Gasteiger partial charge on any atom is -0.478 e. The normalized spacial score (nSPS) is 24.4. The SMILES string of the molecule is CCOC1CC(NCc2c(C(=O)O)cnn2C)C1(C)C. The van der Waals surface area contributed by atoms with Gasteiger partial charge in [-0.05, 0) is 13.3 Å². The molecule has 2 rings (SSSR count). The summed E-state index contributed by atoms with van der Waals surface area (Å²) in [6, 6.07) is 0.329. The number of rotatable bonds is 6. The van der Waals surface area contributed by atoms with Crippen molar-refractivity contribution in [3.63, 3.8) is 0 Å². The highest BCUT2D eigenvalue weighted by Crippen LogP contribution is 2.42. The molecule has 0 aliphatic heterocycles. The zero-order valence-corrected chi connectivity index (χ0v) is 12.5. The number of nitrogens with one attached hydrogen (secondary N) is 1. The second kappa shape index (κ2) is 5.54. The van der Waals surface area contributed by atoms with Crippen LogP contribution in [0.1, 0.15) is 43.2 Å². The van der Waals surface area contributed by atoms with Crippen molar-refractivity contribution >= 4 is 5.97 Å². The van der Waals surface area contributed by atoms with Gasteiger partial charge in [-0.1, -0.05) is 13.8 Å². The number of aromatic nitrogens is 2. The van der Waals surface area contributed by atoms with Crippen LogP contribution in [0.4, 0.5) is 0 Å². The molecule has 2 unspecified atom stereocenters. The van der Waals surface area contributed by atoms with Gasteiger partial charge in [0.2, 0.25) is 0 Å². The second-order valence-electron chi connectivity index (χ2n) is 5.87.